The fraction of sp³-hybridized carbons (Fsp3) is 0.200. The highest BCUT2D eigenvalue weighted by atomic mass is 32.1. The van der Waals surface area contributed by atoms with Crippen molar-refractivity contribution in [3.63, 3.8) is 0 Å². The van der Waals surface area contributed by atoms with Crippen LogP contribution in [0.5, 0.6) is 0 Å². The van der Waals surface area contributed by atoms with Gasteiger partial charge in [0.25, 0.3) is 5.91 Å². The lowest BCUT2D eigenvalue weighted by Gasteiger charge is -2.09. The summed E-state index contributed by atoms with van der Waals surface area (Å²) in [5.74, 6) is -1.28. The molecule has 3 rings (SSSR count). The van der Waals surface area contributed by atoms with E-state index in [1.807, 2.05) is 24.3 Å². The van der Waals surface area contributed by atoms with E-state index < -0.39 is 24.6 Å². The fourth-order valence-corrected chi connectivity index (χ4v) is 2.85. The van der Waals surface area contributed by atoms with Gasteiger partial charge in [0.15, 0.2) is 6.61 Å². The number of carbonyl (C=O) groups is 3. The minimum atomic E-state index is -0.712. The summed E-state index contributed by atoms with van der Waals surface area (Å²) in [5.41, 5.74) is 0.855. The molecular formula is C15H12N2O5S. The number of imide groups is 1. The smallest absolute Gasteiger partial charge is 0.416 e. The molecular weight excluding hydrogens is 320 g/mol. The lowest BCUT2D eigenvalue weighted by atomic mass is 10.3. The maximum Gasteiger partial charge on any atom is 0.416 e. The van der Waals surface area contributed by atoms with Gasteiger partial charge in [0.1, 0.15) is 11.6 Å². The molecule has 1 aliphatic heterocycles. The van der Waals surface area contributed by atoms with Gasteiger partial charge in [0, 0.05) is 6.08 Å². The zero-order chi connectivity index (χ0) is 16.2. The maximum atomic E-state index is 11.7. The molecule has 23 heavy (non-hydrogen) atoms. The number of carbonyl (C=O) groups excluding carboxylic acids is 3. The van der Waals surface area contributed by atoms with E-state index in [9.17, 15) is 14.4 Å². The number of nitrogens with zero attached hydrogens (tertiary/aromatic N) is 2. The molecule has 1 aromatic heterocycles. The summed E-state index contributed by atoms with van der Waals surface area (Å²) in [6.45, 7) is -0.162. The van der Waals surface area contributed by atoms with E-state index in [0.29, 0.717) is 5.01 Å². The quantitative estimate of drug-likeness (QED) is 0.627. The number of hydrogen-bond acceptors (Lipinski definition) is 7. The van der Waals surface area contributed by atoms with Gasteiger partial charge >= 0.3 is 12.1 Å². The molecule has 118 valence electrons. The van der Waals surface area contributed by atoms with E-state index in [0.717, 1.165) is 15.1 Å². The number of ether oxygens (including phenoxy) is 2. The van der Waals surface area contributed by atoms with Crippen molar-refractivity contribution in [1.82, 2.24) is 9.88 Å². The van der Waals surface area contributed by atoms with Crippen LogP contribution in [0.2, 0.25) is 0 Å². The molecule has 1 aliphatic rings. The molecule has 0 spiro atoms. The number of rotatable bonds is 4. The molecule has 2 heterocycles. The van der Waals surface area contributed by atoms with Gasteiger partial charge in [-0.2, -0.15) is 0 Å². The average Bonchev–Trinajstić information content (AvgIpc) is 3.16. The van der Waals surface area contributed by atoms with Crippen molar-refractivity contribution >= 4 is 45.6 Å². The predicted molar refractivity (Wildman–Crippen MR) is 82.7 cm³/mol. The number of para-hydroxylation sites is 1. The van der Waals surface area contributed by atoms with Crippen LogP contribution < -0.4 is 0 Å². The number of benzene rings is 1. The van der Waals surface area contributed by atoms with Crippen molar-refractivity contribution in [2.45, 2.75) is 0 Å². The molecule has 0 saturated carbocycles. The zero-order valence-electron chi connectivity index (χ0n) is 11.9. The molecule has 0 N–H and O–H groups in total. The lowest BCUT2D eigenvalue weighted by Crippen LogP contribution is -2.35. The molecule has 1 saturated heterocycles. The van der Waals surface area contributed by atoms with E-state index >= 15 is 0 Å². The first kappa shape index (κ1) is 15.2. The summed E-state index contributed by atoms with van der Waals surface area (Å²) >= 11 is 1.44. The summed E-state index contributed by atoms with van der Waals surface area (Å²) in [6, 6.07) is 7.63. The molecule has 0 unspecified atom stereocenters. The highest BCUT2D eigenvalue weighted by Crippen LogP contribution is 2.22. The molecule has 0 bridgehead atoms. The van der Waals surface area contributed by atoms with Gasteiger partial charge < -0.3 is 9.47 Å². The third-order valence-corrected chi connectivity index (χ3v) is 4.07. The monoisotopic (exact) mass is 332 g/mol. The van der Waals surface area contributed by atoms with Crippen LogP contribution in [0.25, 0.3) is 16.3 Å². The number of fused-ring (bicyclic) bond motifs is 1. The number of amides is 2. The molecule has 1 aromatic carbocycles. The molecule has 7 nitrogen and oxygen atoms in total. The minimum Gasteiger partial charge on any atom is -0.452 e. The number of hydrogen-bond donors (Lipinski definition) is 0. The third kappa shape index (κ3) is 3.54. The topological polar surface area (TPSA) is 85.8 Å². The van der Waals surface area contributed by atoms with E-state index in [-0.39, 0.29) is 13.2 Å². The zero-order valence-corrected chi connectivity index (χ0v) is 12.7. The molecule has 8 heteroatoms. The van der Waals surface area contributed by atoms with Crippen LogP contribution in [0, 0.1) is 0 Å². The van der Waals surface area contributed by atoms with E-state index in [2.05, 4.69) is 9.72 Å². The van der Waals surface area contributed by atoms with Crippen LogP contribution in [0.1, 0.15) is 5.01 Å². The first-order valence-corrected chi connectivity index (χ1v) is 7.62. The Morgan fingerprint density at radius 3 is 2.96 bits per heavy atom. The van der Waals surface area contributed by atoms with Crippen LogP contribution in [0.4, 0.5) is 4.79 Å². The highest BCUT2D eigenvalue weighted by Gasteiger charge is 2.28. The van der Waals surface area contributed by atoms with Crippen molar-refractivity contribution in [3.05, 3.63) is 35.3 Å². The second kappa shape index (κ2) is 6.57. The summed E-state index contributed by atoms with van der Waals surface area (Å²) in [6.07, 6.45) is 2.02. The van der Waals surface area contributed by atoms with Crippen LogP contribution in [-0.2, 0) is 19.1 Å². The summed E-state index contributed by atoms with van der Waals surface area (Å²) in [7, 11) is 0. The van der Waals surface area contributed by atoms with Crippen LogP contribution in [-0.4, -0.2) is 47.6 Å². The van der Waals surface area contributed by atoms with Gasteiger partial charge in [-0.1, -0.05) is 12.1 Å². The second-order valence-corrected chi connectivity index (χ2v) is 5.68. The Labute approximate surface area is 135 Å². The predicted octanol–water partition coefficient (Wildman–Crippen LogP) is 1.83. The number of cyclic esters (lactones) is 1. The highest BCUT2D eigenvalue weighted by molar-refractivity contribution is 7.19. The Morgan fingerprint density at radius 2 is 2.22 bits per heavy atom. The average molecular weight is 332 g/mol. The van der Waals surface area contributed by atoms with E-state index in [1.165, 1.54) is 23.5 Å². The molecule has 0 aliphatic carbocycles. The van der Waals surface area contributed by atoms with Gasteiger partial charge in [0.05, 0.1) is 16.8 Å². The van der Waals surface area contributed by atoms with Crippen molar-refractivity contribution in [2.75, 3.05) is 19.8 Å². The Bertz CT molecular complexity index is 765. The van der Waals surface area contributed by atoms with E-state index in [4.69, 9.17) is 4.74 Å². The fourth-order valence-electron chi connectivity index (χ4n) is 1.98. The number of thiazole rings is 1. The first-order chi connectivity index (χ1) is 11.1. The molecule has 2 amide bonds. The summed E-state index contributed by atoms with van der Waals surface area (Å²) in [4.78, 5) is 39.7. The Kier molecular flexibility index (Phi) is 4.33. The van der Waals surface area contributed by atoms with Crippen molar-refractivity contribution in [3.8, 4) is 0 Å². The summed E-state index contributed by atoms with van der Waals surface area (Å²) in [5, 5.41) is 0.664. The third-order valence-electron chi connectivity index (χ3n) is 3.07. The second-order valence-electron chi connectivity index (χ2n) is 4.62. The van der Waals surface area contributed by atoms with Gasteiger partial charge in [-0.05, 0) is 18.2 Å². The van der Waals surface area contributed by atoms with Gasteiger partial charge in [0.2, 0.25) is 0 Å². The number of aromatic nitrogens is 1. The van der Waals surface area contributed by atoms with Crippen molar-refractivity contribution in [1.29, 1.82) is 0 Å². The van der Waals surface area contributed by atoms with Crippen molar-refractivity contribution < 1.29 is 23.9 Å². The Hall–Kier alpha value is -2.74. The molecule has 0 radical (unpaired) electrons. The molecule has 1 fully saturated rings. The van der Waals surface area contributed by atoms with Gasteiger partial charge in [-0.3, -0.25) is 4.79 Å². The minimum absolute atomic E-state index is 0.163. The Balaban J connectivity index is 1.54. The van der Waals surface area contributed by atoms with Crippen LogP contribution in [0.15, 0.2) is 30.3 Å². The van der Waals surface area contributed by atoms with Crippen LogP contribution >= 0.6 is 11.3 Å². The normalized spacial score (nSPS) is 14.4. The molecule has 2 aromatic rings. The lowest BCUT2D eigenvalue weighted by molar-refractivity contribution is -0.146. The largest absolute Gasteiger partial charge is 0.452 e. The summed E-state index contributed by atoms with van der Waals surface area (Å²) < 4.78 is 10.5. The number of esters is 1. The van der Waals surface area contributed by atoms with Crippen molar-refractivity contribution in [2.24, 2.45) is 0 Å². The Morgan fingerprint density at radius 1 is 1.39 bits per heavy atom. The van der Waals surface area contributed by atoms with Gasteiger partial charge in [-0.25, -0.2) is 19.5 Å². The van der Waals surface area contributed by atoms with Crippen LogP contribution in [0.3, 0.4) is 0 Å². The standard InChI is InChI=1S/C15H12N2O5S/c18-13(17-7-8-21-15(17)20)9-22-14(19)6-5-12-16-10-3-1-2-4-11(10)23-12/h1-6H,7-9H2/b6-5+. The molecule has 0 atom stereocenters. The SMILES string of the molecule is O=C(/C=C/c1nc2ccccc2s1)OCC(=O)N1CCOC1=O. The first-order valence-electron chi connectivity index (χ1n) is 6.81. The van der Waals surface area contributed by atoms with E-state index in [1.54, 1.807) is 0 Å². The van der Waals surface area contributed by atoms with Gasteiger partial charge in [-0.15, -0.1) is 11.3 Å². The maximum absolute atomic E-state index is 11.7.